The molecule has 0 aliphatic rings. The van der Waals surface area contributed by atoms with Gasteiger partial charge in [0, 0.05) is 22.0 Å². The van der Waals surface area contributed by atoms with Crippen LogP contribution in [0.3, 0.4) is 0 Å². The first kappa shape index (κ1) is 16.1. The van der Waals surface area contributed by atoms with Crippen molar-refractivity contribution >= 4 is 10.9 Å². The van der Waals surface area contributed by atoms with Crippen LogP contribution in [0.5, 0.6) is 0 Å². The van der Waals surface area contributed by atoms with Crippen LogP contribution in [-0.4, -0.2) is 4.98 Å². The molecular formula is C20H31N. The van der Waals surface area contributed by atoms with Crippen molar-refractivity contribution in [3.05, 3.63) is 35.0 Å². The first-order valence-corrected chi connectivity index (χ1v) is 7.99. The van der Waals surface area contributed by atoms with E-state index in [1.807, 2.05) is 0 Å². The first-order chi connectivity index (χ1) is 9.33. The van der Waals surface area contributed by atoms with Crippen LogP contribution in [0.2, 0.25) is 0 Å². The summed E-state index contributed by atoms with van der Waals surface area (Å²) in [7, 11) is 0. The van der Waals surface area contributed by atoms with Crippen LogP contribution in [0.1, 0.15) is 79.1 Å². The Morgan fingerprint density at radius 1 is 0.714 bits per heavy atom. The van der Waals surface area contributed by atoms with E-state index < -0.39 is 0 Å². The second-order valence-electron chi connectivity index (χ2n) is 9.35. The van der Waals surface area contributed by atoms with Gasteiger partial charge in [-0.1, -0.05) is 74.4 Å². The fourth-order valence-corrected chi connectivity index (χ4v) is 3.19. The van der Waals surface area contributed by atoms with Gasteiger partial charge in [0.05, 0.1) is 0 Å². The standard InChI is InChI=1S/C20H31N/c1-18(2,3)13-11-10-12-14-15(13)16(19(4,5)6)17(21-14)20(7,8)9/h10-12,21H,1-9H3. The quantitative estimate of drug-likeness (QED) is 0.605. The van der Waals surface area contributed by atoms with E-state index in [4.69, 9.17) is 0 Å². The maximum atomic E-state index is 3.72. The van der Waals surface area contributed by atoms with Crippen molar-refractivity contribution in [3.8, 4) is 0 Å². The highest BCUT2D eigenvalue weighted by molar-refractivity contribution is 5.90. The van der Waals surface area contributed by atoms with Crippen molar-refractivity contribution < 1.29 is 0 Å². The van der Waals surface area contributed by atoms with Gasteiger partial charge in [-0.2, -0.15) is 0 Å². The molecule has 1 heteroatoms. The Morgan fingerprint density at radius 2 is 1.29 bits per heavy atom. The Labute approximate surface area is 130 Å². The molecule has 0 aliphatic carbocycles. The van der Waals surface area contributed by atoms with Gasteiger partial charge in [-0.25, -0.2) is 0 Å². The van der Waals surface area contributed by atoms with Crippen LogP contribution in [0.15, 0.2) is 18.2 Å². The summed E-state index contributed by atoms with van der Waals surface area (Å²) < 4.78 is 0. The molecule has 1 N–H and O–H groups in total. The Balaban J connectivity index is 2.98. The Kier molecular flexibility index (Phi) is 3.56. The fourth-order valence-electron chi connectivity index (χ4n) is 3.19. The maximum Gasteiger partial charge on any atom is 0.0462 e. The number of fused-ring (bicyclic) bond motifs is 1. The van der Waals surface area contributed by atoms with Crippen LogP contribution in [0.25, 0.3) is 10.9 Å². The molecule has 0 fully saturated rings. The van der Waals surface area contributed by atoms with Gasteiger partial charge in [-0.15, -0.1) is 0 Å². The highest BCUT2D eigenvalue weighted by atomic mass is 14.8. The molecule has 1 aromatic carbocycles. The van der Waals surface area contributed by atoms with Crippen molar-refractivity contribution in [1.29, 1.82) is 0 Å². The largest absolute Gasteiger partial charge is 0.358 e. The molecule has 0 spiro atoms. The lowest BCUT2D eigenvalue weighted by molar-refractivity contribution is 0.523. The predicted molar refractivity (Wildman–Crippen MR) is 94.4 cm³/mol. The monoisotopic (exact) mass is 285 g/mol. The molecule has 0 unspecified atom stereocenters. The molecule has 0 saturated heterocycles. The molecule has 21 heavy (non-hydrogen) atoms. The average molecular weight is 285 g/mol. The van der Waals surface area contributed by atoms with E-state index >= 15 is 0 Å². The van der Waals surface area contributed by atoms with Crippen molar-refractivity contribution in [1.82, 2.24) is 4.98 Å². The minimum absolute atomic E-state index is 0.122. The van der Waals surface area contributed by atoms with Crippen LogP contribution >= 0.6 is 0 Å². The molecule has 0 amide bonds. The summed E-state index contributed by atoms with van der Waals surface area (Å²) in [5.74, 6) is 0. The van der Waals surface area contributed by atoms with Gasteiger partial charge in [0.1, 0.15) is 0 Å². The summed E-state index contributed by atoms with van der Waals surface area (Å²) in [6.45, 7) is 20.8. The summed E-state index contributed by atoms with van der Waals surface area (Å²) in [5, 5.41) is 1.43. The molecule has 0 saturated carbocycles. The SMILES string of the molecule is CC(C)(C)c1[nH]c2cccc(C(C)(C)C)c2c1C(C)(C)C. The number of H-pyrrole nitrogens is 1. The normalized spacial score (nSPS) is 14.0. The van der Waals surface area contributed by atoms with E-state index in [-0.39, 0.29) is 16.2 Å². The van der Waals surface area contributed by atoms with Crippen molar-refractivity contribution in [2.24, 2.45) is 0 Å². The van der Waals surface area contributed by atoms with E-state index in [0.29, 0.717) is 0 Å². The maximum absolute atomic E-state index is 3.72. The van der Waals surface area contributed by atoms with Crippen molar-refractivity contribution in [2.75, 3.05) is 0 Å². The molecule has 1 nitrogen and oxygen atoms in total. The average Bonchev–Trinajstić information content (AvgIpc) is 2.65. The third-order valence-electron chi connectivity index (χ3n) is 4.13. The third-order valence-corrected chi connectivity index (χ3v) is 4.13. The van der Waals surface area contributed by atoms with Gasteiger partial charge in [-0.3, -0.25) is 0 Å². The summed E-state index contributed by atoms with van der Waals surface area (Å²) in [5.41, 5.74) is 5.97. The minimum Gasteiger partial charge on any atom is -0.358 e. The number of aromatic amines is 1. The van der Waals surface area contributed by atoms with Crippen LogP contribution < -0.4 is 0 Å². The number of rotatable bonds is 0. The van der Waals surface area contributed by atoms with Gasteiger partial charge in [0.2, 0.25) is 0 Å². The van der Waals surface area contributed by atoms with Crippen LogP contribution in [0.4, 0.5) is 0 Å². The smallest absolute Gasteiger partial charge is 0.0462 e. The summed E-state index contributed by atoms with van der Waals surface area (Å²) in [6, 6.07) is 6.69. The summed E-state index contributed by atoms with van der Waals surface area (Å²) >= 11 is 0. The van der Waals surface area contributed by atoms with E-state index in [2.05, 4.69) is 85.5 Å². The van der Waals surface area contributed by atoms with E-state index in [1.165, 1.54) is 27.7 Å². The third kappa shape index (κ3) is 2.88. The van der Waals surface area contributed by atoms with Gasteiger partial charge in [-0.05, 0) is 28.0 Å². The lowest BCUT2D eigenvalue weighted by Gasteiger charge is -2.29. The van der Waals surface area contributed by atoms with Crippen LogP contribution in [-0.2, 0) is 16.2 Å². The number of hydrogen-bond donors (Lipinski definition) is 1. The Morgan fingerprint density at radius 3 is 1.71 bits per heavy atom. The molecule has 2 aromatic rings. The molecule has 0 aliphatic heterocycles. The number of hydrogen-bond acceptors (Lipinski definition) is 0. The Hall–Kier alpha value is -1.24. The molecular weight excluding hydrogens is 254 g/mol. The lowest BCUT2D eigenvalue weighted by atomic mass is 9.75. The second-order valence-corrected chi connectivity index (χ2v) is 9.35. The van der Waals surface area contributed by atoms with E-state index in [9.17, 15) is 0 Å². The van der Waals surface area contributed by atoms with Gasteiger partial charge in [0.25, 0.3) is 0 Å². The molecule has 2 rings (SSSR count). The van der Waals surface area contributed by atoms with E-state index in [1.54, 1.807) is 0 Å². The zero-order valence-electron chi connectivity index (χ0n) is 15.2. The van der Waals surface area contributed by atoms with E-state index in [0.717, 1.165) is 0 Å². The Bertz CT molecular complexity index is 652. The molecule has 0 atom stereocenters. The van der Waals surface area contributed by atoms with Crippen LogP contribution in [0, 0.1) is 0 Å². The topological polar surface area (TPSA) is 15.8 Å². The van der Waals surface area contributed by atoms with Crippen molar-refractivity contribution in [2.45, 2.75) is 78.6 Å². The molecule has 1 heterocycles. The highest BCUT2D eigenvalue weighted by Crippen LogP contribution is 2.42. The zero-order valence-corrected chi connectivity index (χ0v) is 15.2. The zero-order chi connectivity index (χ0) is 16.2. The van der Waals surface area contributed by atoms with Gasteiger partial charge in [0.15, 0.2) is 0 Å². The number of aromatic nitrogens is 1. The van der Waals surface area contributed by atoms with Gasteiger partial charge < -0.3 is 4.98 Å². The molecule has 0 radical (unpaired) electrons. The molecule has 116 valence electrons. The minimum atomic E-state index is 0.122. The number of nitrogens with one attached hydrogen (secondary N) is 1. The molecule has 0 bridgehead atoms. The fraction of sp³-hybridized carbons (Fsp3) is 0.600. The predicted octanol–water partition coefficient (Wildman–Crippen LogP) is 6.06. The lowest BCUT2D eigenvalue weighted by Crippen LogP contribution is -2.22. The number of benzene rings is 1. The summed E-state index contributed by atoms with van der Waals surface area (Å²) in [6.07, 6.45) is 0. The van der Waals surface area contributed by atoms with Gasteiger partial charge >= 0.3 is 0 Å². The summed E-state index contributed by atoms with van der Waals surface area (Å²) in [4.78, 5) is 3.72. The second kappa shape index (κ2) is 4.63. The highest BCUT2D eigenvalue weighted by Gasteiger charge is 2.32. The first-order valence-electron chi connectivity index (χ1n) is 7.99. The van der Waals surface area contributed by atoms with Crippen molar-refractivity contribution in [3.63, 3.8) is 0 Å². The molecule has 1 aromatic heterocycles.